The number of amides is 1. The number of carbonyl (C=O) groups is 1. The molecule has 2 atom stereocenters. The number of rotatable bonds is 6. The summed E-state index contributed by atoms with van der Waals surface area (Å²) in [4.78, 5) is 13.0. The van der Waals surface area contributed by atoms with E-state index in [0.29, 0.717) is 11.3 Å². The van der Waals surface area contributed by atoms with Crippen LogP contribution in [0.4, 0.5) is 13.2 Å². The van der Waals surface area contributed by atoms with Crippen molar-refractivity contribution in [2.75, 3.05) is 26.2 Å². The molecule has 1 aromatic carbocycles. The summed E-state index contributed by atoms with van der Waals surface area (Å²) in [6.07, 6.45) is -4.90. The van der Waals surface area contributed by atoms with E-state index in [2.05, 4.69) is 0 Å². The maximum absolute atomic E-state index is 13.1. The largest absolute Gasteiger partial charge is 0.406 e. The molecule has 1 amide bonds. The highest BCUT2D eigenvalue weighted by Crippen LogP contribution is 2.29. The van der Waals surface area contributed by atoms with Crippen LogP contribution in [-0.2, 0) is 14.8 Å². The van der Waals surface area contributed by atoms with Gasteiger partial charge in [0, 0.05) is 25.2 Å². The fourth-order valence-electron chi connectivity index (χ4n) is 3.22. The summed E-state index contributed by atoms with van der Waals surface area (Å²) in [6, 6.07) is 3.49. The Morgan fingerprint density at radius 2 is 1.86 bits per heavy atom. The molecule has 1 aromatic rings. The quantitative estimate of drug-likeness (QED) is 0.656. The number of alkyl halides is 3. The van der Waals surface area contributed by atoms with Gasteiger partial charge in [0.05, 0.1) is 17.2 Å². The molecular weight excluding hydrogens is 433 g/mol. The van der Waals surface area contributed by atoms with Crippen molar-refractivity contribution < 1.29 is 31.1 Å². The fourth-order valence-corrected chi connectivity index (χ4v) is 5.31. The van der Waals surface area contributed by atoms with Crippen LogP contribution in [0.25, 0.3) is 0 Å². The lowest BCUT2D eigenvalue weighted by molar-refractivity contribution is -0.140. The molecule has 1 saturated heterocycles. The standard InChI is InChI=1S/C18H24ClF3N2O4S/c1-4-7-23(11-18(20,21)22)17(25)14-5-6-15(19)16(8-14)29(26,27)24-9-12(2)28-13(3)10-24/h5-6,8,12-13H,4,7,9-11H2,1-3H3. The third-order valence-corrected chi connectivity index (χ3v) is 6.65. The van der Waals surface area contributed by atoms with Crippen LogP contribution in [0, 0.1) is 0 Å². The predicted octanol–water partition coefficient (Wildman–Crippen LogP) is 3.55. The van der Waals surface area contributed by atoms with Crippen molar-refractivity contribution in [1.82, 2.24) is 9.21 Å². The van der Waals surface area contributed by atoms with Crippen LogP contribution in [0.2, 0.25) is 5.02 Å². The molecule has 0 bridgehead atoms. The van der Waals surface area contributed by atoms with Crippen LogP contribution in [0.5, 0.6) is 0 Å². The van der Waals surface area contributed by atoms with Crippen molar-refractivity contribution in [1.29, 1.82) is 0 Å². The third kappa shape index (κ3) is 6.07. The first kappa shape index (κ1) is 23.9. The number of hydrogen-bond donors (Lipinski definition) is 0. The van der Waals surface area contributed by atoms with Crippen LogP contribution in [-0.4, -0.2) is 68.1 Å². The molecule has 2 rings (SSSR count). The average molecular weight is 457 g/mol. The number of halogens is 4. The van der Waals surface area contributed by atoms with E-state index in [1.54, 1.807) is 20.8 Å². The van der Waals surface area contributed by atoms with Crippen molar-refractivity contribution in [3.63, 3.8) is 0 Å². The summed E-state index contributed by atoms with van der Waals surface area (Å²) in [6.45, 7) is 3.81. The molecule has 6 nitrogen and oxygen atoms in total. The molecule has 0 aromatic heterocycles. The summed E-state index contributed by atoms with van der Waals surface area (Å²) in [5.74, 6) is -0.902. The molecule has 0 aliphatic carbocycles. The Balaban J connectivity index is 2.39. The normalized spacial score (nSPS) is 21.2. The van der Waals surface area contributed by atoms with E-state index in [9.17, 15) is 26.4 Å². The fraction of sp³-hybridized carbons (Fsp3) is 0.611. The lowest BCUT2D eigenvalue weighted by Gasteiger charge is -2.34. The first-order chi connectivity index (χ1) is 13.3. The van der Waals surface area contributed by atoms with E-state index >= 15 is 0 Å². The average Bonchev–Trinajstić information content (AvgIpc) is 2.59. The smallest absolute Gasteiger partial charge is 0.373 e. The molecule has 11 heteroatoms. The number of morpholine rings is 1. The van der Waals surface area contributed by atoms with E-state index in [1.165, 1.54) is 16.4 Å². The second-order valence-electron chi connectivity index (χ2n) is 7.07. The van der Waals surface area contributed by atoms with Crippen molar-refractivity contribution >= 4 is 27.5 Å². The Labute approximate surface area is 173 Å². The molecule has 164 valence electrons. The van der Waals surface area contributed by atoms with Crippen molar-refractivity contribution in [3.05, 3.63) is 28.8 Å². The molecule has 0 saturated carbocycles. The number of ether oxygens (including phenoxy) is 1. The zero-order valence-electron chi connectivity index (χ0n) is 16.4. The second-order valence-corrected chi connectivity index (χ2v) is 9.38. The summed E-state index contributed by atoms with van der Waals surface area (Å²) < 4.78 is 71.4. The monoisotopic (exact) mass is 456 g/mol. The molecule has 0 N–H and O–H groups in total. The summed E-state index contributed by atoms with van der Waals surface area (Å²) in [5.41, 5.74) is -0.167. The molecule has 1 fully saturated rings. The molecule has 1 aliphatic heterocycles. The molecule has 0 spiro atoms. The van der Waals surface area contributed by atoms with Crippen molar-refractivity contribution in [2.45, 2.75) is 50.5 Å². The van der Waals surface area contributed by atoms with Crippen LogP contribution < -0.4 is 0 Å². The zero-order chi connectivity index (χ0) is 22.0. The molecular formula is C18H24ClF3N2O4S. The number of hydrogen-bond acceptors (Lipinski definition) is 4. The summed E-state index contributed by atoms with van der Waals surface area (Å²) in [5, 5.41) is -0.105. The minimum Gasteiger partial charge on any atom is -0.373 e. The van der Waals surface area contributed by atoms with Crippen LogP contribution in [0.15, 0.2) is 23.1 Å². The van der Waals surface area contributed by atoms with Gasteiger partial charge >= 0.3 is 6.18 Å². The van der Waals surface area contributed by atoms with Gasteiger partial charge in [0.25, 0.3) is 5.91 Å². The van der Waals surface area contributed by atoms with Crippen LogP contribution >= 0.6 is 11.6 Å². The Bertz CT molecular complexity index is 838. The van der Waals surface area contributed by atoms with Gasteiger partial charge in [0.1, 0.15) is 11.4 Å². The first-order valence-corrected chi connectivity index (χ1v) is 11.0. The van der Waals surface area contributed by atoms with Gasteiger partial charge in [-0.15, -0.1) is 0 Å². The van der Waals surface area contributed by atoms with Gasteiger partial charge in [0.15, 0.2) is 0 Å². The zero-order valence-corrected chi connectivity index (χ0v) is 17.9. The van der Waals surface area contributed by atoms with Crippen LogP contribution in [0.1, 0.15) is 37.6 Å². The van der Waals surface area contributed by atoms with E-state index in [1.807, 2.05) is 0 Å². The minimum absolute atomic E-state index is 0.105. The Hall–Kier alpha value is -1.36. The maximum atomic E-state index is 13.1. The summed E-state index contributed by atoms with van der Waals surface area (Å²) in [7, 11) is -4.06. The van der Waals surface area contributed by atoms with Crippen LogP contribution in [0.3, 0.4) is 0 Å². The van der Waals surface area contributed by atoms with E-state index in [0.717, 1.165) is 6.07 Å². The Kier molecular flexibility index (Phi) is 7.58. The van der Waals surface area contributed by atoms with Crippen molar-refractivity contribution in [3.8, 4) is 0 Å². The SMILES string of the molecule is CCCN(CC(F)(F)F)C(=O)c1ccc(Cl)c(S(=O)(=O)N2CC(C)OC(C)C2)c1. The lowest BCUT2D eigenvalue weighted by Crippen LogP contribution is -2.48. The van der Waals surface area contributed by atoms with Gasteiger partial charge in [-0.05, 0) is 38.5 Å². The van der Waals surface area contributed by atoms with Gasteiger partial charge in [-0.2, -0.15) is 17.5 Å². The highest BCUT2D eigenvalue weighted by Gasteiger charge is 2.36. The van der Waals surface area contributed by atoms with E-state index < -0.39 is 28.7 Å². The van der Waals surface area contributed by atoms with Crippen molar-refractivity contribution in [2.24, 2.45) is 0 Å². The molecule has 1 aliphatic rings. The maximum Gasteiger partial charge on any atom is 0.406 e. The van der Waals surface area contributed by atoms with Gasteiger partial charge in [-0.25, -0.2) is 8.42 Å². The molecule has 29 heavy (non-hydrogen) atoms. The Morgan fingerprint density at radius 1 is 1.28 bits per heavy atom. The minimum atomic E-state index is -4.56. The predicted molar refractivity (Wildman–Crippen MR) is 102 cm³/mol. The highest BCUT2D eigenvalue weighted by atomic mass is 35.5. The second kappa shape index (κ2) is 9.20. The molecule has 0 radical (unpaired) electrons. The molecule has 1 heterocycles. The Morgan fingerprint density at radius 3 is 2.38 bits per heavy atom. The van der Waals surface area contributed by atoms with E-state index in [4.69, 9.17) is 16.3 Å². The molecule has 2 unspecified atom stereocenters. The van der Waals surface area contributed by atoms with Gasteiger partial charge in [-0.1, -0.05) is 18.5 Å². The van der Waals surface area contributed by atoms with Gasteiger partial charge < -0.3 is 9.64 Å². The highest BCUT2D eigenvalue weighted by molar-refractivity contribution is 7.89. The number of nitrogens with zero attached hydrogens (tertiary/aromatic N) is 2. The summed E-state index contributed by atoms with van der Waals surface area (Å²) >= 11 is 6.08. The topological polar surface area (TPSA) is 66.9 Å². The lowest BCUT2D eigenvalue weighted by atomic mass is 10.2. The number of benzene rings is 1. The van der Waals surface area contributed by atoms with Gasteiger partial charge in [0.2, 0.25) is 10.0 Å². The number of carbonyl (C=O) groups excluding carboxylic acids is 1. The van der Waals surface area contributed by atoms with E-state index in [-0.39, 0.29) is 47.3 Å². The first-order valence-electron chi connectivity index (χ1n) is 9.16. The van der Waals surface area contributed by atoms with Gasteiger partial charge in [-0.3, -0.25) is 4.79 Å². The number of sulfonamides is 1. The third-order valence-electron chi connectivity index (χ3n) is 4.33.